The summed E-state index contributed by atoms with van der Waals surface area (Å²) < 4.78 is 18.0. The van der Waals surface area contributed by atoms with E-state index < -0.39 is 0 Å². The lowest BCUT2D eigenvalue weighted by atomic mass is 10.1. The number of Topliss-reactive ketones (excluding diaryl/α,β-unsaturated/α-hetero) is 1. The minimum absolute atomic E-state index is 0.0871. The van der Waals surface area contributed by atoms with Gasteiger partial charge in [0.1, 0.15) is 11.6 Å². The van der Waals surface area contributed by atoms with Crippen molar-refractivity contribution >= 4 is 17.6 Å². The second-order valence-corrected chi connectivity index (χ2v) is 7.04. The van der Waals surface area contributed by atoms with Gasteiger partial charge in [-0.3, -0.25) is 9.69 Å². The molecule has 0 aliphatic carbocycles. The van der Waals surface area contributed by atoms with Crippen LogP contribution in [0.1, 0.15) is 34.1 Å². The van der Waals surface area contributed by atoms with E-state index in [2.05, 4.69) is 15.1 Å². The van der Waals surface area contributed by atoms with Gasteiger partial charge in [0.2, 0.25) is 5.89 Å². The molecular weight excluding hydrogens is 389 g/mol. The van der Waals surface area contributed by atoms with Gasteiger partial charge in [-0.25, -0.2) is 14.2 Å². The molecule has 0 bridgehead atoms. The van der Waals surface area contributed by atoms with E-state index in [0.29, 0.717) is 49.2 Å². The smallest absolute Gasteiger partial charge is 0.326 e. The van der Waals surface area contributed by atoms with Crippen molar-refractivity contribution in [2.45, 2.75) is 26.3 Å². The van der Waals surface area contributed by atoms with Crippen LogP contribution in [0.15, 0.2) is 47.1 Å². The third-order valence-electron chi connectivity index (χ3n) is 4.87. The molecule has 3 aromatic rings. The van der Waals surface area contributed by atoms with E-state index in [4.69, 9.17) is 4.52 Å². The Balaban J connectivity index is 1.41. The highest BCUT2D eigenvalue weighted by molar-refractivity contribution is 5.98. The van der Waals surface area contributed by atoms with Gasteiger partial charge in [-0.05, 0) is 29.8 Å². The van der Waals surface area contributed by atoms with Crippen LogP contribution in [-0.4, -0.2) is 44.9 Å². The van der Waals surface area contributed by atoms with Crippen LogP contribution in [0.5, 0.6) is 0 Å². The predicted octanol–water partition coefficient (Wildman–Crippen LogP) is 3.17. The molecule has 1 aromatic carbocycles. The average Bonchev–Trinajstić information content (AvgIpc) is 3.33. The van der Waals surface area contributed by atoms with E-state index in [0.717, 1.165) is 5.56 Å². The van der Waals surface area contributed by atoms with E-state index in [1.807, 2.05) is 0 Å². The van der Waals surface area contributed by atoms with Crippen molar-refractivity contribution in [2.24, 2.45) is 0 Å². The molecule has 0 spiro atoms. The summed E-state index contributed by atoms with van der Waals surface area (Å²) in [6, 6.07) is 9.13. The van der Waals surface area contributed by atoms with E-state index in [1.165, 1.54) is 18.3 Å². The Morgan fingerprint density at radius 3 is 2.73 bits per heavy atom. The first-order valence-electron chi connectivity index (χ1n) is 9.59. The third kappa shape index (κ3) is 4.35. The summed E-state index contributed by atoms with van der Waals surface area (Å²) in [5.41, 5.74) is 1.32. The molecular formula is C21H20FN5O3. The number of pyridine rings is 1. The van der Waals surface area contributed by atoms with Crippen molar-refractivity contribution in [3.05, 3.63) is 71.3 Å². The largest absolute Gasteiger partial charge is 0.340 e. The van der Waals surface area contributed by atoms with Crippen molar-refractivity contribution in [3.8, 4) is 0 Å². The number of carbonyl (C=O) groups is 2. The molecule has 9 heteroatoms. The van der Waals surface area contributed by atoms with Gasteiger partial charge in [0.15, 0.2) is 11.6 Å². The average molecular weight is 409 g/mol. The quantitative estimate of drug-likeness (QED) is 0.557. The van der Waals surface area contributed by atoms with Gasteiger partial charge >= 0.3 is 6.03 Å². The summed E-state index contributed by atoms with van der Waals surface area (Å²) in [6.45, 7) is 3.07. The first kappa shape index (κ1) is 19.7. The Kier molecular flexibility index (Phi) is 5.51. The van der Waals surface area contributed by atoms with Gasteiger partial charge in [-0.15, -0.1) is 0 Å². The Labute approximate surface area is 172 Å². The number of hydrogen-bond acceptors (Lipinski definition) is 6. The van der Waals surface area contributed by atoms with E-state index in [9.17, 15) is 14.0 Å². The Hall–Kier alpha value is -3.62. The summed E-state index contributed by atoms with van der Waals surface area (Å²) in [4.78, 5) is 36.9. The SMILES string of the molecule is Cc1nc(CCC(=O)c2ccnc(N3CCN(Cc4ccc(F)cc4)C3=O)c2)no1. The zero-order chi connectivity index (χ0) is 21.1. The lowest BCUT2D eigenvalue weighted by Gasteiger charge is -2.18. The highest BCUT2D eigenvalue weighted by Gasteiger charge is 2.30. The first-order valence-corrected chi connectivity index (χ1v) is 9.59. The number of benzene rings is 1. The maximum absolute atomic E-state index is 13.1. The molecule has 30 heavy (non-hydrogen) atoms. The summed E-state index contributed by atoms with van der Waals surface area (Å²) in [5.74, 6) is 0.981. The Bertz CT molecular complexity index is 1070. The third-order valence-corrected chi connectivity index (χ3v) is 4.87. The minimum Gasteiger partial charge on any atom is -0.340 e. The normalized spacial score (nSPS) is 13.9. The number of aromatic nitrogens is 3. The lowest BCUT2D eigenvalue weighted by Crippen LogP contribution is -2.32. The molecule has 0 saturated carbocycles. The number of rotatable bonds is 7. The zero-order valence-electron chi connectivity index (χ0n) is 16.4. The number of carbonyl (C=O) groups excluding carboxylic acids is 2. The molecule has 4 rings (SSSR count). The van der Waals surface area contributed by atoms with E-state index in [1.54, 1.807) is 41.0 Å². The van der Waals surface area contributed by atoms with Crippen molar-refractivity contribution in [2.75, 3.05) is 18.0 Å². The van der Waals surface area contributed by atoms with Gasteiger partial charge in [0, 0.05) is 51.2 Å². The van der Waals surface area contributed by atoms with Crippen LogP contribution in [0.4, 0.5) is 15.0 Å². The molecule has 1 fully saturated rings. The number of urea groups is 1. The van der Waals surface area contributed by atoms with Crippen molar-refractivity contribution in [1.29, 1.82) is 0 Å². The topological polar surface area (TPSA) is 92.4 Å². The molecule has 154 valence electrons. The maximum atomic E-state index is 13.1. The van der Waals surface area contributed by atoms with Crippen LogP contribution in [0.3, 0.4) is 0 Å². The van der Waals surface area contributed by atoms with Gasteiger partial charge in [0.05, 0.1) is 0 Å². The molecule has 0 radical (unpaired) electrons. The monoisotopic (exact) mass is 409 g/mol. The highest BCUT2D eigenvalue weighted by Crippen LogP contribution is 2.21. The van der Waals surface area contributed by atoms with Crippen LogP contribution >= 0.6 is 0 Å². The number of ketones is 1. The van der Waals surface area contributed by atoms with Crippen molar-refractivity contribution in [1.82, 2.24) is 20.0 Å². The van der Waals surface area contributed by atoms with Crippen molar-refractivity contribution in [3.63, 3.8) is 0 Å². The number of hydrogen-bond donors (Lipinski definition) is 0. The van der Waals surface area contributed by atoms with Gasteiger partial charge in [-0.2, -0.15) is 4.98 Å². The number of nitrogens with zero attached hydrogens (tertiary/aromatic N) is 5. The summed E-state index contributed by atoms with van der Waals surface area (Å²) in [5, 5.41) is 3.79. The number of amides is 2. The number of halogens is 1. The van der Waals surface area contributed by atoms with Crippen LogP contribution in [0, 0.1) is 12.7 Å². The van der Waals surface area contributed by atoms with Crippen LogP contribution in [0.2, 0.25) is 0 Å². The molecule has 0 atom stereocenters. The predicted molar refractivity (Wildman–Crippen MR) is 105 cm³/mol. The fraction of sp³-hybridized carbons (Fsp3) is 0.286. The van der Waals surface area contributed by atoms with E-state index in [-0.39, 0.29) is 24.1 Å². The molecule has 2 amide bonds. The second kappa shape index (κ2) is 8.40. The van der Waals surface area contributed by atoms with Crippen LogP contribution in [0.25, 0.3) is 0 Å². The van der Waals surface area contributed by atoms with Crippen molar-refractivity contribution < 1.29 is 18.5 Å². The molecule has 2 aromatic heterocycles. The fourth-order valence-electron chi connectivity index (χ4n) is 3.30. The maximum Gasteiger partial charge on any atom is 0.326 e. The number of aryl methyl sites for hydroxylation is 2. The fourth-order valence-corrected chi connectivity index (χ4v) is 3.30. The summed E-state index contributed by atoms with van der Waals surface area (Å²) in [7, 11) is 0. The standard InChI is InChI=1S/C21H20FN5O3/c1-14-24-19(25-30-14)7-6-18(28)16-8-9-23-20(12-16)27-11-10-26(21(27)29)13-15-2-4-17(22)5-3-15/h2-5,8-9,12H,6-7,10-11,13H2,1H3. The van der Waals surface area contributed by atoms with Crippen LogP contribution < -0.4 is 4.90 Å². The molecule has 8 nitrogen and oxygen atoms in total. The molecule has 0 unspecified atom stereocenters. The summed E-state index contributed by atoms with van der Waals surface area (Å²) >= 11 is 0. The van der Waals surface area contributed by atoms with Gasteiger partial charge in [-0.1, -0.05) is 17.3 Å². The highest BCUT2D eigenvalue weighted by atomic mass is 19.1. The molecule has 1 saturated heterocycles. The minimum atomic E-state index is -0.312. The molecule has 3 heterocycles. The zero-order valence-corrected chi connectivity index (χ0v) is 16.4. The number of anilines is 1. The molecule has 1 aliphatic heterocycles. The van der Waals surface area contributed by atoms with E-state index >= 15 is 0 Å². The van der Waals surface area contributed by atoms with Gasteiger partial charge < -0.3 is 9.42 Å². The molecule has 1 aliphatic rings. The molecule has 0 N–H and O–H groups in total. The first-order chi connectivity index (χ1) is 14.5. The van der Waals surface area contributed by atoms with Gasteiger partial charge in [0.25, 0.3) is 0 Å². The Morgan fingerprint density at radius 1 is 1.20 bits per heavy atom. The lowest BCUT2D eigenvalue weighted by molar-refractivity contribution is 0.0982. The van der Waals surface area contributed by atoms with Crippen LogP contribution in [-0.2, 0) is 13.0 Å². The summed E-state index contributed by atoms with van der Waals surface area (Å²) in [6.07, 6.45) is 2.13. The second-order valence-electron chi connectivity index (χ2n) is 7.04. The Morgan fingerprint density at radius 2 is 2.00 bits per heavy atom.